The first-order valence-corrected chi connectivity index (χ1v) is 3.50. The number of rotatable bonds is 3. The van der Waals surface area contributed by atoms with Crippen molar-refractivity contribution >= 4 is 16.1 Å². The number of carboxylic acids is 1. The molecular formula is C3H7NO5S. The van der Waals surface area contributed by atoms with E-state index in [2.05, 4.69) is 5.73 Å². The van der Waals surface area contributed by atoms with Gasteiger partial charge in [-0.3, -0.25) is 9.35 Å². The lowest BCUT2D eigenvalue weighted by Crippen LogP contribution is -2.36. The van der Waals surface area contributed by atoms with Gasteiger partial charge < -0.3 is 10.8 Å². The molecule has 0 radical (unpaired) electrons. The number of carboxylic acid groups (broad SMARTS) is 1. The second kappa shape index (κ2) is 2.95. The lowest BCUT2D eigenvalue weighted by atomic mass is 10.4. The van der Waals surface area contributed by atoms with E-state index in [0.717, 1.165) is 0 Å². The van der Waals surface area contributed by atoms with Crippen molar-refractivity contribution in [2.75, 3.05) is 5.70 Å². The van der Waals surface area contributed by atoms with Gasteiger partial charge in [0.2, 0.25) is 0 Å². The van der Waals surface area contributed by atoms with Crippen LogP contribution in [0.5, 0.6) is 0 Å². The average molecular weight is 171 g/mol. The fourth-order valence-electron chi connectivity index (χ4n) is 0.211. The molecule has 0 aromatic rings. The van der Waals surface area contributed by atoms with Gasteiger partial charge >= 0.3 is 5.97 Å². The Morgan fingerprint density at radius 3 is 2.30 bits per heavy atom. The van der Waals surface area contributed by atoms with Crippen LogP contribution in [0.2, 0.25) is 0 Å². The number of hydrogen-bond acceptors (Lipinski definition) is 4. The van der Waals surface area contributed by atoms with E-state index in [1.165, 1.54) is 0 Å². The number of carbonyl (C=O) groups is 1. The lowest BCUT2D eigenvalue weighted by Gasteiger charge is -2.01. The molecule has 0 heterocycles. The minimum atomic E-state index is -5.12. The highest BCUT2D eigenvalue weighted by molar-refractivity contribution is 7.85. The maximum atomic E-state index is 10.2. The van der Waals surface area contributed by atoms with Crippen LogP contribution in [0.15, 0.2) is 0 Å². The molecule has 0 rings (SSSR count). The van der Waals surface area contributed by atoms with Gasteiger partial charge in [0.15, 0.2) is 0 Å². The molecule has 6 nitrogen and oxygen atoms in total. The second-order valence-corrected chi connectivity index (χ2v) is 2.59. The Balaban J connectivity index is 5.00. The van der Waals surface area contributed by atoms with Gasteiger partial charge in [-0.15, -0.1) is 0 Å². The summed E-state index contributed by atoms with van der Waals surface area (Å²) in [4.78, 5) is 10.1. The van der Waals surface area contributed by atoms with Crippen molar-refractivity contribution in [1.82, 2.24) is 0 Å². The fourth-order valence-corrected chi connectivity index (χ4v) is 0.633. The topological polar surface area (TPSA) is 118 Å². The molecule has 0 saturated heterocycles. The highest BCUT2D eigenvalue weighted by Gasteiger charge is 2.18. The summed E-state index contributed by atoms with van der Waals surface area (Å²) in [5.41, 5.74) is 1.29. The summed E-state index contributed by atoms with van der Waals surface area (Å²) in [7, 11) is -5.12. The van der Waals surface area contributed by atoms with Crippen molar-refractivity contribution in [3.05, 3.63) is 0 Å². The lowest BCUT2D eigenvalue weighted by molar-refractivity contribution is -0.138. The molecular weight excluding hydrogens is 162 g/mol. The van der Waals surface area contributed by atoms with Gasteiger partial charge in [-0.1, -0.05) is 0 Å². The van der Waals surface area contributed by atoms with Crippen LogP contribution in [0.1, 0.15) is 2.74 Å². The van der Waals surface area contributed by atoms with Crippen molar-refractivity contribution in [2.45, 2.75) is 6.04 Å². The van der Waals surface area contributed by atoms with Crippen molar-refractivity contribution in [3.63, 3.8) is 0 Å². The molecule has 0 aliphatic carbocycles. The average Bonchev–Trinajstić information content (AvgIpc) is 1.83. The largest absolute Gasteiger partial charge is 0.480 e. The van der Waals surface area contributed by atoms with Crippen LogP contribution in [0, 0.1) is 0 Å². The van der Waals surface area contributed by atoms with E-state index < -0.39 is 27.8 Å². The van der Waals surface area contributed by atoms with Gasteiger partial charge in [0.05, 0.1) is 0 Å². The van der Waals surface area contributed by atoms with Crippen LogP contribution in [0.25, 0.3) is 0 Å². The highest BCUT2D eigenvalue weighted by Crippen LogP contribution is 1.86. The molecule has 60 valence electrons. The Morgan fingerprint density at radius 2 is 2.20 bits per heavy atom. The van der Waals surface area contributed by atoms with Crippen molar-refractivity contribution in [2.24, 2.45) is 5.73 Å². The molecule has 4 N–H and O–H groups in total. The fraction of sp³-hybridized carbons (Fsp3) is 0.667. The number of nitrogens with two attached hydrogens (primary N) is 1. The predicted octanol–water partition coefficient (Wildman–Crippen LogP) is -1.71. The molecule has 0 aromatic heterocycles. The molecule has 7 heteroatoms. The molecule has 0 bridgehead atoms. The zero-order valence-electron chi connectivity index (χ0n) is 6.68. The molecule has 1 atom stereocenters. The molecule has 0 aliphatic heterocycles. The maximum Gasteiger partial charge on any atom is 0.321 e. The first-order valence-electron chi connectivity index (χ1n) is 3.06. The minimum Gasteiger partial charge on any atom is -0.480 e. The third kappa shape index (κ3) is 4.24. The minimum absolute atomic E-state index is 1.85. The first kappa shape index (κ1) is 6.08. The predicted molar refractivity (Wildman–Crippen MR) is 32.0 cm³/mol. The standard InChI is InChI=1S/C3H7NO5S/c4-2(3(5)6)1-10(7,8)9/h2H,1,4H2,(H,5,6)(H,7,8,9)/t2-/m0/s1/i1D2. The Kier molecular flexibility index (Phi) is 1.79. The van der Waals surface area contributed by atoms with Crippen LogP contribution in [-0.4, -0.2) is 35.8 Å². The third-order valence-corrected chi connectivity index (χ3v) is 1.09. The first-order chi connectivity index (χ1) is 5.10. The van der Waals surface area contributed by atoms with E-state index in [0.29, 0.717) is 0 Å². The van der Waals surface area contributed by atoms with Gasteiger partial charge in [-0.25, -0.2) is 0 Å². The van der Waals surface area contributed by atoms with E-state index in [1.807, 2.05) is 0 Å². The Bertz CT molecular complexity index is 285. The number of hydrogen-bond donors (Lipinski definition) is 3. The van der Waals surface area contributed by atoms with Gasteiger partial charge in [0, 0.05) is 2.74 Å². The van der Waals surface area contributed by atoms with Crippen LogP contribution in [0.4, 0.5) is 0 Å². The Morgan fingerprint density at radius 1 is 1.80 bits per heavy atom. The van der Waals surface area contributed by atoms with E-state index in [4.69, 9.17) is 12.4 Å². The van der Waals surface area contributed by atoms with Crippen molar-refractivity contribution in [1.29, 1.82) is 0 Å². The zero-order valence-corrected chi connectivity index (χ0v) is 5.50. The Labute approximate surface area is 60.2 Å². The van der Waals surface area contributed by atoms with Crippen LogP contribution in [0.3, 0.4) is 0 Å². The summed E-state index contributed by atoms with van der Waals surface area (Å²) in [6, 6.07) is -2.31. The summed E-state index contributed by atoms with van der Waals surface area (Å²) in [6.07, 6.45) is 0. The Hall–Kier alpha value is -0.660. The maximum absolute atomic E-state index is 10.2. The van der Waals surface area contributed by atoms with Crippen molar-refractivity contribution < 1.29 is 25.6 Å². The summed E-state index contributed by atoms with van der Waals surface area (Å²) in [5.74, 6) is -1.85. The number of aliphatic carboxylic acids is 1. The van der Waals surface area contributed by atoms with Gasteiger partial charge in [-0.2, -0.15) is 8.42 Å². The molecule has 0 fully saturated rings. The monoisotopic (exact) mass is 171 g/mol. The SMILES string of the molecule is [2H]C([2H])([C@H](N)C(=O)O)S(=O)(=O)O. The molecule has 10 heavy (non-hydrogen) atoms. The van der Waals surface area contributed by atoms with E-state index in [9.17, 15) is 13.2 Å². The smallest absolute Gasteiger partial charge is 0.321 e. The summed E-state index contributed by atoms with van der Waals surface area (Å²) in [5, 5.41) is 8.14. The quantitative estimate of drug-likeness (QED) is 0.435. The van der Waals surface area contributed by atoms with Gasteiger partial charge in [0.1, 0.15) is 11.7 Å². The van der Waals surface area contributed by atoms with E-state index >= 15 is 0 Å². The molecule has 0 saturated carbocycles. The third-order valence-electron chi connectivity index (χ3n) is 0.542. The van der Waals surface area contributed by atoms with Crippen molar-refractivity contribution in [3.8, 4) is 0 Å². The summed E-state index contributed by atoms with van der Waals surface area (Å²) < 4.78 is 42.0. The molecule has 0 aliphatic rings. The van der Waals surface area contributed by atoms with Gasteiger partial charge in [-0.05, 0) is 0 Å². The van der Waals surface area contributed by atoms with Crippen LogP contribution < -0.4 is 5.73 Å². The molecule has 0 aromatic carbocycles. The molecule has 0 unspecified atom stereocenters. The highest BCUT2D eigenvalue weighted by atomic mass is 32.2. The normalized spacial score (nSPS) is 19.0. The summed E-state index contributed by atoms with van der Waals surface area (Å²) in [6.45, 7) is 0. The van der Waals surface area contributed by atoms with E-state index in [1.54, 1.807) is 0 Å². The summed E-state index contributed by atoms with van der Waals surface area (Å²) >= 11 is 0. The second-order valence-electron chi connectivity index (χ2n) is 1.41. The zero-order chi connectivity index (χ0) is 10.2. The molecule has 0 spiro atoms. The van der Waals surface area contributed by atoms with Crippen LogP contribution in [-0.2, 0) is 14.9 Å². The van der Waals surface area contributed by atoms with Crippen LogP contribution >= 0.6 is 0 Å². The van der Waals surface area contributed by atoms with Gasteiger partial charge in [0.25, 0.3) is 10.1 Å². The molecule has 0 amide bonds. The van der Waals surface area contributed by atoms with E-state index in [-0.39, 0.29) is 0 Å².